The zero-order chi connectivity index (χ0) is 16.5. The Morgan fingerprint density at radius 3 is 2.79 bits per heavy atom. The van der Waals surface area contributed by atoms with Crippen molar-refractivity contribution in [2.75, 3.05) is 0 Å². The fourth-order valence-electron chi connectivity index (χ4n) is 3.36. The van der Waals surface area contributed by atoms with Crippen molar-refractivity contribution in [1.29, 1.82) is 5.26 Å². The Hall–Kier alpha value is -3.13. The molecular formula is C19H15N3O2. The Labute approximate surface area is 139 Å². The van der Waals surface area contributed by atoms with E-state index >= 15 is 0 Å². The minimum absolute atomic E-state index is 0.0596. The molecule has 1 aliphatic heterocycles. The van der Waals surface area contributed by atoms with Gasteiger partial charge in [-0.15, -0.1) is 0 Å². The van der Waals surface area contributed by atoms with Crippen LogP contribution in [-0.2, 0) is 9.53 Å². The molecule has 0 aromatic carbocycles. The molecule has 0 unspecified atom stereocenters. The van der Waals surface area contributed by atoms with Gasteiger partial charge >= 0.3 is 0 Å². The Kier molecular flexibility index (Phi) is 3.51. The Balaban J connectivity index is 1.95. The lowest BCUT2D eigenvalue weighted by molar-refractivity contribution is -0.116. The molecular weight excluding hydrogens is 302 g/mol. The van der Waals surface area contributed by atoms with Crippen molar-refractivity contribution in [1.82, 2.24) is 9.55 Å². The number of hydrogen-bond acceptors (Lipinski definition) is 4. The third kappa shape index (κ3) is 2.24. The zero-order valence-electron chi connectivity index (χ0n) is 13.0. The van der Waals surface area contributed by atoms with Gasteiger partial charge in [-0.2, -0.15) is 5.26 Å². The van der Waals surface area contributed by atoms with E-state index in [-0.39, 0.29) is 5.78 Å². The SMILES string of the molecule is N#CC1=C(n2cccc2)OC2=C(C(=O)CCC2)[C@H]1c1cccnc1. The summed E-state index contributed by atoms with van der Waals surface area (Å²) in [5, 5.41) is 9.81. The molecule has 1 aliphatic carbocycles. The number of rotatable bonds is 2. The number of pyridine rings is 1. The Morgan fingerprint density at radius 1 is 1.25 bits per heavy atom. The summed E-state index contributed by atoms with van der Waals surface area (Å²) in [6.45, 7) is 0. The highest BCUT2D eigenvalue weighted by atomic mass is 16.5. The summed E-state index contributed by atoms with van der Waals surface area (Å²) in [4.78, 5) is 16.7. The highest BCUT2D eigenvalue weighted by Gasteiger charge is 2.39. The first-order valence-electron chi connectivity index (χ1n) is 7.91. The van der Waals surface area contributed by atoms with Crippen LogP contribution in [0.2, 0.25) is 0 Å². The van der Waals surface area contributed by atoms with Crippen LogP contribution >= 0.6 is 0 Å². The van der Waals surface area contributed by atoms with Crippen LogP contribution < -0.4 is 0 Å². The Bertz CT molecular complexity index is 886. The molecule has 0 saturated heterocycles. The second kappa shape index (κ2) is 5.82. The summed E-state index contributed by atoms with van der Waals surface area (Å²) < 4.78 is 7.80. The molecule has 2 aliphatic rings. The normalized spacial score (nSPS) is 20.5. The molecule has 0 radical (unpaired) electrons. The fourth-order valence-corrected chi connectivity index (χ4v) is 3.36. The summed E-state index contributed by atoms with van der Waals surface area (Å²) in [6.07, 6.45) is 9.05. The predicted molar refractivity (Wildman–Crippen MR) is 87.2 cm³/mol. The largest absolute Gasteiger partial charge is 0.443 e. The second-order valence-electron chi connectivity index (χ2n) is 5.86. The van der Waals surface area contributed by atoms with Crippen LogP contribution in [0, 0.1) is 11.3 Å². The number of Topliss-reactive ketones (excluding diaryl/α,β-unsaturated/α-hetero) is 1. The number of allylic oxidation sites excluding steroid dienone is 3. The minimum atomic E-state index is -0.419. The molecule has 2 aromatic heterocycles. The lowest BCUT2D eigenvalue weighted by Crippen LogP contribution is -2.26. The fraction of sp³-hybridized carbons (Fsp3) is 0.211. The standard InChI is InChI=1S/C19H15N3O2/c20-11-14-17(13-5-4-8-21-12-13)18-15(23)6-3-7-16(18)24-19(14)22-9-1-2-10-22/h1-2,4-5,8-10,12,17H,3,6-7H2/t17-/m0/s1. The van der Waals surface area contributed by atoms with Crippen molar-refractivity contribution in [2.24, 2.45) is 0 Å². The van der Waals surface area contributed by atoms with Crippen molar-refractivity contribution < 1.29 is 9.53 Å². The van der Waals surface area contributed by atoms with Gasteiger partial charge in [-0.05, 0) is 30.2 Å². The molecule has 0 saturated carbocycles. The maximum absolute atomic E-state index is 12.6. The van der Waals surface area contributed by atoms with E-state index in [1.807, 2.05) is 36.7 Å². The number of nitriles is 1. The quantitative estimate of drug-likeness (QED) is 0.851. The third-order valence-corrected chi connectivity index (χ3v) is 4.41. The number of nitrogens with zero attached hydrogens (tertiary/aromatic N) is 3. The number of hydrogen-bond donors (Lipinski definition) is 0. The van der Waals surface area contributed by atoms with Gasteiger partial charge in [0.2, 0.25) is 5.88 Å². The maximum atomic E-state index is 12.6. The molecule has 4 rings (SSSR count). The van der Waals surface area contributed by atoms with Crippen LogP contribution in [0.25, 0.3) is 5.88 Å². The van der Waals surface area contributed by atoms with Crippen molar-refractivity contribution in [3.05, 3.63) is 71.5 Å². The van der Waals surface area contributed by atoms with Gasteiger partial charge in [-0.1, -0.05) is 6.07 Å². The molecule has 0 amide bonds. The van der Waals surface area contributed by atoms with E-state index in [9.17, 15) is 10.1 Å². The maximum Gasteiger partial charge on any atom is 0.218 e. The Morgan fingerprint density at radius 2 is 2.08 bits per heavy atom. The van der Waals surface area contributed by atoms with E-state index in [1.54, 1.807) is 17.0 Å². The summed E-state index contributed by atoms with van der Waals surface area (Å²) in [5.41, 5.74) is 1.89. The molecule has 2 aromatic rings. The molecule has 0 N–H and O–H groups in total. The van der Waals surface area contributed by atoms with Gasteiger partial charge in [0.1, 0.15) is 17.4 Å². The molecule has 0 bridgehead atoms. The summed E-state index contributed by atoms with van der Waals surface area (Å²) in [7, 11) is 0. The van der Waals surface area contributed by atoms with Crippen LogP contribution in [0.15, 0.2) is 66.0 Å². The highest BCUT2D eigenvalue weighted by Crippen LogP contribution is 2.45. The summed E-state index contributed by atoms with van der Waals surface area (Å²) in [5.74, 6) is 0.801. The molecule has 5 nitrogen and oxygen atoms in total. The number of carbonyl (C=O) groups excluding carboxylic acids is 1. The number of aromatic nitrogens is 2. The van der Waals surface area contributed by atoms with Gasteiger partial charge in [0.05, 0.1) is 5.92 Å². The van der Waals surface area contributed by atoms with E-state index in [1.165, 1.54) is 0 Å². The number of ether oxygens (including phenoxy) is 1. The van der Waals surface area contributed by atoms with Crippen molar-refractivity contribution in [3.63, 3.8) is 0 Å². The first-order chi connectivity index (χ1) is 11.8. The van der Waals surface area contributed by atoms with Crippen molar-refractivity contribution in [3.8, 4) is 6.07 Å². The third-order valence-electron chi connectivity index (χ3n) is 4.41. The van der Waals surface area contributed by atoms with Crippen LogP contribution in [0.5, 0.6) is 0 Å². The van der Waals surface area contributed by atoms with Gasteiger partial charge in [0, 0.05) is 43.2 Å². The van der Waals surface area contributed by atoms with Crippen LogP contribution in [0.1, 0.15) is 30.7 Å². The molecule has 0 fully saturated rings. The molecule has 3 heterocycles. The monoisotopic (exact) mass is 317 g/mol. The molecule has 5 heteroatoms. The van der Waals surface area contributed by atoms with Crippen LogP contribution in [-0.4, -0.2) is 15.3 Å². The predicted octanol–water partition coefficient (Wildman–Crippen LogP) is 3.40. The van der Waals surface area contributed by atoms with Gasteiger partial charge in [0.25, 0.3) is 0 Å². The number of ketones is 1. The summed E-state index contributed by atoms with van der Waals surface area (Å²) >= 11 is 0. The molecule has 118 valence electrons. The number of carbonyl (C=O) groups is 1. The first-order valence-corrected chi connectivity index (χ1v) is 7.91. The zero-order valence-corrected chi connectivity index (χ0v) is 13.0. The van der Waals surface area contributed by atoms with Gasteiger partial charge in [-0.3, -0.25) is 14.3 Å². The van der Waals surface area contributed by atoms with Crippen molar-refractivity contribution in [2.45, 2.75) is 25.2 Å². The van der Waals surface area contributed by atoms with E-state index in [0.29, 0.717) is 35.6 Å². The van der Waals surface area contributed by atoms with Crippen LogP contribution in [0.3, 0.4) is 0 Å². The first kappa shape index (κ1) is 14.5. The molecule has 0 spiro atoms. The van der Waals surface area contributed by atoms with E-state index < -0.39 is 5.92 Å². The van der Waals surface area contributed by atoms with Gasteiger partial charge in [-0.25, -0.2) is 0 Å². The van der Waals surface area contributed by atoms with E-state index in [0.717, 1.165) is 12.0 Å². The lowest BCUT2D eigenvalue weighted by Gasteiger charge is -2.32. The second-order valence-corrected chi connectivity index (χ2v) is 5.86. The average Bonchev–Trinajstić information content (AvgIpc) is 3.15. The van der Waals surface area contributed by atoms with E-state index in [2.05, 4.69) is 11.1 Å². The highest BCUT2D eigenvalue weighted by molar-refractivity contribution is 6.00. The van der Waals surface area contributed by atoms with Gasteiger partial charge in [0.15, 0.2) is 5.78 Å². The molecule has 1 atom stereocenters. The average molecular weight is 317 g/mol. The molecule has 24 heavy (non-hydrogen) atoms. The summed E-state index contributed by atoms with van der Waals surface area (Å²) in [6, 6.07) is 9.74. The van der Waals surface area contributed by atoms with Crippen molar-refractivity contribution >= 4 is 11.7 Å². The van der Waals surface area contributed by atoms with Gasteiger partial charge < -0.3 is 4.74 Å². The minimum Gasteiger partial charge on any atom is -0.443 e. The smallest absolute Gasteiger partial charge is 0.218 e. The topological polar surface area (TPSA) is 67.9 Å². The van der Waals surface area contributed by atoms with Crippen LogP contribution in [0.4, 0.5) is 0 Å². The lowest BCUT2D eigenvalue weighted by atomic mass is 9.78. The van der Waals surface area contributed by atoms with E-state index in [4.69, 9.17) is 4.74 Å².